The monoisotopic (exact) mass is 296 g/mol. The first-order valence-corrected chi connectivity index (χ1v) is 8.17. The highest BCUT2D eigenvalue weighted by Gasteiger charge is 2.17. The van der Waals surface area contributed by atoms with E-state index in [1.807, 2.05) is 26.0 Å². The summed E-state index contributed by atoms with van der Waals surface area (Å²) in [7, 11) is -3.54. The summed E-state index contributed by atoms with van der Waals surface area (Å²) in [4.78, 5) is 1.11. The van der Waals surface area contributed by atoms with E-state index >= 15 is 0 Å². The number of nitrogens with one attached hydrogen (secondary N) is 1. The minimum absolute atomic E-state index is 0.263. The molecule has 0 saturated heterocycles. The maximum atomic E-state index is 12.2. The lowest BCUT2D eigenvalue weighted by Crippen LogP contribution is -2.13. The number of hydrogen-bond donors (Lipinski definition) is 2. The van der Waals surface area contributed by atoms with E-state index in [1.54, 1.807) is 17.5 Å². The van der Waals surface area contributed by atoms with Crippen molar-refractivity contribution in [1.29, 1.82) is 0 Å². The molecule has 1 aromatic carbocycles. The average molecular weight is 296 g/mol. The van der Waals surface area contributed by atoms with Crippen LogP contribution in [0, 0.1) is 13.8 Å². The zero-order valence-corrected chi connectivity index (χ0v) is 12.4. The summed E-state index contributed by atoms with van der Waals surface area (Å²) in [6.07, 6.45) is 0. The van der Waals surface area contributed by atoms with Crippen molar-refractivity contribution in [2.75, 3.05) is 4.72 Å². The van der Waals surface area contributed by atoms with Crippen LogP contribution in [0.3, 0.4) is 0 Å². The van der Waals surface area contributed by atoms with E-state index < -0.39 is 10.0 Å². The van der Waals surface area contributed by atoms with Crippen molar-refractivity contribution in [2.45, 2.75) is 25.3 Å². The van der Waals surface area contributed by atoms with Gasteiger partial charge in [0.25, 0.3) is 10.0 Å². The van der Waals surface area contributed by atoms with Gasteiger partial charge in [-0.05, 0) is 37.1 Å². The van der Waals surface area contributed by atoms with Crippen molar-refractivity contribution in [3.05, 3.63) is 45.6 Å². The van der Waals surface area contributed by atoms with Crippen molar-refractivity contribution >= 4 is 27.0 Å². The molecule has 0 aliphatic carbocycles. The topological polar surface area (TPSA) is 72.2 Å². The van der Waals surface area contributed by atoms with E-state index in [2.05, 4.69) is 4.72 Å². The highest BCUT2D eigenvalue weighted by molar-refractivity contribution is 7.92. The van der Waals surface area contributed by atoms with Crippen LogP contribution in [0.5, 0.6) is 0 Å². The largest absolute Gasteiger partial charge is 0.326 e. The molecule has 3 N–H and O–H groups in total. The normalized spacial score (nSPS) is 11.5. The maximum Gasteiger partial charge on any atom is 0.262 e. The third-order valence-corrected chi connectivity index (χ3v) is 5.44. The first-order chi connectivity index (χ1) is 8.94. The number of nitrogens with two attached hydrogens (primary N) is 1. The van der Waals surface area contributed by atoms with Gasteiger partial charge in [0.2, 0.25) is 0 Å². The van der Waals surface area contributed by atoms with E-state index in [0.717, 1.165) is 16.0 Å². The first-order valence-electron chi connectivity index (χ1n) is 5.80. The molecule has 0 aliphatic rings. The fraction of sp³-hybridized carbons (Fsp3) is 0.231. The van der Waals surface area contributed by atoms with Crippen LogP contribution < -0.4 is 10.5 Å². The molecule has 2 rings (SSSR count). The Kier molecular flexibility index (Phi) is 3.93. The molecule has 19 heavy (non-hydrogen) atoms. The molecular formula is C13H16N2O2S2. The predicted octanol–water partition coefficient (Wildman–Crippen LogP) is 2.62. The van der Waals surface area contributed by atoms with Crippen molar-refractivity contribution in [2.24, 2.45) is 5.73 Å². The Morgan fingerprint density at radius 1 is 1.32 bits per heavy atom. The van der Waals surface area contributed by atoms with Gasteiger partial charge < -0.3 is 5.73 Å². The van der Waals surface area contributed by atoms with E-state index in [1.165, 1.54) is 11.3 Å². The van der Waals surface area contributed by atoms with Crippen LogP contribution in [-0.4, -0.2) is 8.42 Å². The van der Waals surface area contributed by atoms with Gasteiger partial charge in [-0.2, -0.15) is 0 Å². The van der Waals surface area contributed by atoms with Crippen LogP contribution in [0.15, 0.2) is 34.5 Å². The fourth-order valence-corrected chi connectivity index (χ4v) is 3.95. The molecule has 0 unspecified atom stereocenters. The van der Waals surface area contributed by atoms with Crippen LogP contribution in [0.2, 0.25) is 0 Å². The van der Waals surface area contributed by atoms with Crippen LogP contribution in [0.25, 0.3) is 0 Å². The molecule has 0 spiro atoms. The van der Waals surface area contributed by atoms with Gasteiger partial charge in [0.15, 0.2) is 0 Å². The number of rotatable bonds is 4. The Labute approximate surface area is 117 Å². The second-order valence-corrected chi connectivity index (χ2v) is 6.98. The fourth-order valence-electron chi connectivity index (χ4n) is 1.67. The highest BCUT2D eigenvalue weighted by atomic mass is 32.2. The van der Waals surface area contributed by atoms with Gasteiger partial charge in [-0.3, -0.25) is 4.72 Å². The minimum atomic E-state index is -3.54. The molecule has 2 aromatic rings. The molecular weight excluding hydrogens is 280 g/mol. The summed E-state index contributed by atoms with van der Waals surface area (Å²) in [6.45, 7) is 4.19. The standard InChI is InChI=1S/C13H16N2O2S2/c1-9-4-3-5-13(10(9)2)15-19(16,17)12-6-11(7-14)18-8-12/h3-6,8,15H,7,14H2,1-2H3. The molecule has 0 saturated carbocycles. The lowest BCUT2D eigenvalue weighted by Gasteiger charge is -2.11. The Morgan fingerprint density at radius 3 is 2.68 bits per heavy atom. The zero-order chi connectivity index (χ0) is 14.0. The summed E-state index contributed by atoms with van der Waals surface area (Å²) in [6, 6.07) is 7.15. The summed E-state index contributed by atoms with van der Waals surface area (Å²) >= 11 is 1.35. The molecule has 1 aromatic heterocycles. The Balaban J connectivity index is 2.33. The molecule has 4 nitrogen and oxygen atoms in total. The summed E-state index contributed by atoms with van der Waals surface area (Å²) in [5.74, 6) is 0. The second-order valence-electron chi connectivity index (χ2n) is 4.31. The van der Waals surface area contributed by atoms with Crippen LogP contribution in [0.1, 0.15) is 16.0 Å². The van der Waals surface area contributed by atoms with E-state index in [4.69, 9.17) is 5.73 Å². The van der Waals surface area contributed by atoms with Crippen LogP contribution in [-0.2, 0) is 16.6 Å². The van der Waals surface area contributed by atoms with Gasteiger partial charge in [-0.15, -0.1) is 11.3 Å². The van der Waals surface area contributed by atoms with Gasteiger partial charge in [0, 0.05) is 16.8 Å². The molecule has 0 bridgehead atoms. The van der Waals surface area contributed by atoms with Crippen molar-refractivity contribution < 1.29 is 8.42 Å². The number of hydrogen-bond acceptors (Lipinski definition) is 4. The SMILES string of the molecule is Cc1cccc(NS(=O)(=O)c2csc(CN)c2)c1C. The van der Waals surface area contributed by atoms with Gasteiger partial charge in [-0.1, -0.05) is 12.1 Å². The molecule has 6 heteroatoms. The summed E-state index contributed by atoms with van der Waals surface area (Å²) < 4.78 is 27.1. The van der Waals surface area contributed by atoms with Gasteiger partial charge in [-0.25, -0.2) is 8.42 Å². The average Bonchev–Trinajstić information content (AvgIpc) is 2.84. The number of thiophene rings is 1. The second kappa shape index (κ2) is 5.32. The van der Waals surface area contributed by atoms with Gasteiger partial charge in [0.05, 0.1) is 10.6 Å². The van der Waals surface area contributed by atoms with E-state index in [0.29, 0.717) is 12.2 Å². The molecule has 1 heterocycles. The van der Waals surface area contributed by atoms with E-state index in [9.17, 15) is 8.42 Å². The molecule has 0 radical (unpaired) electrons. The zero-order valence-electron chi connectivity index (χ0n) is 10.8. The number of sulfonamides is 1. The minimum Gasteiger partial charge on any atom is -0.326 e. The van der Waals surface area contributed by atoms with Crippen molar-refractivity contribution in [1.82, 2.24) is 0 Å². The highest BCUT2D eigenvalue weighted by Crippen LogP contribution is 2.24. The van der Waals surface area contributed by atoms with Crippen molar-refractivity contribution in [3.63, 3.8) is 0 Å². The number of aryl methyl sites for hydroxylation is 1. The third-order valence-electron chi connectivity index (χ3n) is 2.99. The molecule has 0 atom stereocenters. The summed E-state index contributed by atoms with van der Waals surface area (Å²) in [5, 5.41) is 1.61. The van der Waals surface area contributed by atoms with E-state index in [-0.39, 0.29) is 4.90 Å². The lowest BCUT2D eigenvalue weighted by atomic mass is 10.1. The number of anilines is 1. The lowest BCUT2D eigenvalue weighted by molar-refractivity contribution is 0.601. The Hall–Kier alpha value is -1.37. The Morgan fingerprint density at radius 2 is 2.05 bits per heavy atom. The summed E-state index contributed by atoms with van der Waals surface area (Å²) in [5.41, 5.74) is 8.09. The third kappa shape index (κ3) is 2.97. The molecule has 0 aliphatic heterocycles. The molecule has 0 fully saturated rings. The number of benzene rings is 1. The molecule has 102 valence electrons. The quantitative estimate of drug-likeness (QED) is 0.911. The van der Waals surface area contributed by atoms with Gasteiger partial charge in [0.1, 0.15) is 0 Å². The van der Waals surface area contributed by atoms with Gasteiger partial charge >= 0.3 is 0 Å². The van der Waals surface area contributed by atoms with Crippen LogP contribution in [0.4, 0.5) is 5.69 Å². The van der Waals surface area contributed by atoms with Crippen molar-refractivity contribution in [3.8, 4) is 0 Å². The maximum absolute atomic E-state index is 12.2. The predicted molar refractivity (Wildman–Crippen MR) is 78.9 cm³/mol. The first kappa shape index (κ1) is 14.0. The molecule has 0 amide bonds. The van der Waals surface area contributed by atoms with Crippen LogP contribution >= 0.6 is 11.3 Å². The Bertz CT molecular complexity index is 690. The smallest absolute Gasteiger partial charge is 0.262 e.